The van der Waals surface area contributed by atoms with E-state index in [0.29, 0.717) is 24.5 Å². The summed E-state index contributed by atoms with van der Waals surface area (Å²) in [4.78, 5) is 11.2. The fourth-order valence-electron chi connectivity index (χ4n) is 1.98. The first-order valence-corrected chi connectivity index (χ1v) is 8.76. The van der Waals surface area contributed by atoms with E-state index >= 15 is 0 Å². The van der Waals surface area contributed by atoms with E-state index in [-0.39, 0.29) is 18.0 Å². The van der Waals surface area contributed by atoms with Crippen molar-refractivity contribution in [3.8, 4) is 5.75 Å². The molecular weight excluding hydrogens is 336 g/mol. The normalized spacial score (nSPS) is 11.7. The van der Waals surface area contributed by atoms with E-state index in [1.165, 1.54) is 19.2 Å². The van der Waals surface area contributed by atoms with E-state index in [1.807, 2.05) is 0 Å². The molecule has 8 nitrogen and oxygen atoms in total. The number of amides is 1. The van der Waals surface area contributed by atoms with Gasteiger partial charge in [-0.1, -0.05) is 0 Å². The van der Waals surface area contributed by atoms with E-state index in [0.717, 1.165) is 4.31 Å². The first kappa shape index (κ1) is 20.4. The molecule has 1 rings (SSSR count). The van der Waals surface area contributed by atoms with Crippen molar-refractivity contribution in [1.82, 2.24) is 4.31 Å². The van der Waals surface area contributed by atoms with Crippen LogP contribution in [0.5, 0.6) is 5.75 Å². The zero-order chi connectivity index (χ0) is 18.2. The topological polar surface area (TPSA) is 108 Å². The van der Waals surface area contributed by atoms with Gasteiger partial charge in [0.1, 0.15) is 12.4 Å². The number of aryl methyl sites for hydroxylation is 1. The number of carbonyl (C=O) groups excluding carboxylic acids is 1. The highest BCUT2D eigenvalue weighted by molar-refractivity contribution is 7.89. The number of nitrogens with zero attached hydrogens (tertiary/aromatic N) is 1. The van der Waals surface area contributed by atoms with Crippen molar-refractivity contribution >= 4 is 15.9 Å². The number of primary amides is 1. The smallest absolute Gasteiger partial charge is 0.243 e. The van der Waals surface area contributed by atoms with Crippen LogP contribution < -0.4 is 10.5 Å². The molecule has 0 saturated carbocycles. The number of rotatable bonds is 11. The number of benzene rings is 1. The maximum Gasteiger partial charge on any atom is 0.243 e. The van der Waals surface area contributed by atoms with Gasteiger partial charge in [-0.2, -0.15) is 4.31 Å². The molecule has 0 saturated heterocycles. The summed E-state index contributed by atoms with van der Waals surface area (Å²) in [5.41, 5.74) is 5.81. The van der Waals surface area contributed by atoms with Crippen LogP contribution in [0.2, 0.25) is 0 Å². The van der Waals surface area contributed by atoms with Crippen LogP contribution in [0.15, 0.2) is 23.1 Å². The summed E-state index contributed by atoms with van der Waals surface area (Å²) in [7, 11) is -0.842. The standard InChI is InChI=1S/C15H24N2O6S/c1-12-10-13(4-5-14(12)23-9-8-22-3)24(19,20)17(6-7-21-2)11-15(16)18/h4-5,10H,6-9,11H2,1-3H3,(H2,16,18). The number of nitrogens with two attached hydrogens (primary N) is 1. The third-order valence-electron chi connectivity index (χ3n) is 3.21. The molecule has 2 N–H and O–H groups in total. The van der Waals surface area contributed by atoms with Crippen molar-refractivity contribution in [3.63, 3.8) is 0 Å². The molecule has 136 valence electrons. The Morgan fingerprint density at radius 2 is 1.83 bits per heavy atom. The summed E-state index contributed by atoms with van der Waals surface area (Å²) >= 11 is 0. The van der Waals surface area contributed by atoms with Gasteiger partial charge in [-0.3, -0.25) is 4.79 Å². The lowest BCUT2D eigenvalue weighted by Crippen LogP contribution is -2.40. The maximum absolute atomic E-state index is 12.7. The largest absolute Gasteiger partial charge is 0.491 e. The second-order valence-corrected chi connectivity index (χ2v) is 7.00. The summed E-state index contributed by atoms with van der Waals surface area (Å²) in [5.74, 6) is -0.157. The summed E-state index contributed by atoms with van der Waals surface area (Å²) in [6.07, 6.45) is 0. The molecule has 0 heterocycles. The van der Waals surface area contributed by atoms with Gasteiger partial charge in [0, 0.05) is 20.8 Å². The monoisotopic (exact) mass is 360 g/mol. The highest BCUT2D eigenvalue weighted by Crippen LogP contribution is 2.24. The van der Waals surface area contributed by atoms with Crippen molar-refractivity contribution in [2.45, 2.75) is 11.8 Å². The van der Waals surface area contributed by atoms with Crippen LogP contribution in [0.3, 0.4) is 0 Å². The molecule has 1 amide bonds. The Hall–Kier alpha value is -1.68. The minimum Gasteiger partial charge on any atom is -0.491 e. The molecule has 0 fully saturated rings. The molecule has 0 aliphatic carbocycles. The molecule has 0 spiro atoms. The molecular formula is C15H24N2O6S. The molecule has 1 aromatic carbocycles. The first-order valence-electron chi connectivity index (χ1n) is 7.32. The second kappa shape index (κ2) is 9.58. The molecule has 0 aliphatic heterocycles. The predicted molar refractivity (Wildman–Crippen MR) is 88.4 cm³/mol. The van der Waals surface area contributed by atoms with Crippen molar-refractivity contribution in [3.05, 3.63) is 23.8 Å². The Morgan fingerprint density at radius 3 is 2.38 bits per heavy atom. The molecule has 0 unspecified atom stereocenters. The van der Waals surface area contributed by atoms with Crippen LogP contribution in [0.4, 0.5) is 0 Å². The van der Waals surface area contributed by atoms with Gasteiger partial charge >= 0.3 is 0 Å². The summed E-state index contributed by atoms with van der Waals surface area (Å²) in [6, 6.07) is 4.51. The van der Waals surface area contributed by atoms with Crippen LogP contribution in [-0.2, 0) is 24.3 Å². The quantitative estimate of drug-likeness (QED) is 0.563. The van der Waals surface area contributed by atoms with Gasteiger partial charge in [0.15, 0.2) is 0 Å². The van der Waals surface area contributed by atoms with Crippen LogP contribution >= 0.6 is 0 Å². The van der Waals surface area contributed by atoms with Crippen LogP contribution in [0.1, 0.15) is 5.56 Å². The van der Waals surface area contributed by atoms with Crippen LogP contribution in [0, 0.1) is 6.92 Å². The fraction of sp³-hybridized carbons (Fsp3) is 0.533. The zero-order valence-electron chi connectivity index (χ0n) is 14.1. The van der Waals surface area contributed by atoms with Crippen molar-refractivity contribution in [1.29, 1.82) is 0 Å². The van der Waals surface area contributed by atoms with Gasteiger partial charge in [-0.25, -0.2) is 8.42 Å². The number of hydrogen-bond acceptors (Lipinski definition) is 6. The molecule has 0 bridgehead atoms. The van der Waals surface area contributed by atoms with E-state index in [4.69, 9.17) is 19.9 Å². The SMILES string of the molecule is COCCOc1ccc(S(=O)(=O)N(CCOC)CC(N)=O)cc1C. The lowest BCUT2D eigenvalue weighted by atomic mass is 10.2. The maximum atomic E-state index is 12.7. The van der Waals surface area contributed by atoms with Crippen LogP contribution in [-0.4, -0.2) is 65.8 Å². The minimum absolute atomic E-state index is 0.0346. The Balaban J connectivity index is 3.02. The van der Waals surface area contributed by atoms with E-state index in [1.54, 1.807) is 20.1 Å². The third-order valence-corrected chi connectivity index (χ3v) is 5.05. The fourth-order valence-corrected chi connectivity index (χ4v) is 3.46. The van der Waals surface area contributed by atoms with Gasteiger partial charge < -0.3 is 19.9 Å². The lowest BCUT2D eigenvalue weighted by molar-refractivity contribution is -0.118. The predicted octanol–water partition coefficient (Wildman–Crippen LogP) is 0.143. The second-order valence-electron chi connectivity index (χ2n) is 5.07. The average molecular weight is 360 g/mol. The highest BCUT2D eigenvalue weighted by Gasteiger charge is 2.26. The summed E-state index contributed by atoms with van der Waals surface area (Å²) < 4.78 is 41.7. The molecule has 1 aromatic rings. The van der Waals surface area contributed by atoms with Crippen molar-refractivity contribution < 1.29 is 27.4 Å². The van der Waals surface area contributed by atoms with Gasteiger partial charge in [0.2, 0.25) is 15.9 Å². The van der Waals surface area contributed by atoms with E-state index < -0.39 is 22.5 Å². The number of sulfonamides is 1. The molecule has 0 radical (unpaired) electrons. The zero-order valence-corrected chi connectivity index (χ0v) is 15.0. The Labute approximate surface area is 142 Å². The average Bonchev–Trinajstić information content (AvgIpc) is 2.52. The number of ether oxygens (including phenoxy) is 3. The lowest BCUT2D eigenvalue weighted by Gasteiger charge is -2.21. The Kier molecular flexibility index (Phi) is 8.13. The van der Waals surface area contributed by atoms with Crippen molar-refractivity contribution in [2.75, 3.05) is 47.1 Å². The number of hydrogen-bond donors (Lipinski definition) is 1. The Morgan fingerprint density at radius 1 is 1.17 bits per heavy atom. The van der Waals surface area contributed by atoms with Gasteiger partial charge in [-0.05, 0) is 30.7 Å². The number of methoxy groups -OCH3 is 2. The molecule has 9 heteroatoms. The van der Waals surface area contributed by atoms with E-state index in [2.05, 4.69) is 0 Å². The van der Waals surface area contributed by atoms with E-state index in [9.17, 15) is 13.2 Å². The van der Waals surface area contributed by atoms with Gasteiger partial charge in [0.25, 0.3) is 0 Å². The molecule has 24 heavy (non-hydrogen) atoms. The molecule has 0 aliphatic rings. The number of carbonyl (C=O) groups is 1. The molecule has 0 aromatic heterocycles. The van der Waals surface area contributed by atoms with Crippen LogP contribution in [0.25, 0.3) is 0 Å². The van der Waals surface area contributed by atoms with Gasteiger partial charge in [0.05, 0.1) is 24.7 Å². The highest BCUT2D eigenvalue weighted by atomic mass is 32.2. The van der Waals surface area contributed by atoms with Crippen molar-refractivity contribution in [2.24, 2.45) is 5.73 Å². The first-order chi connectivity index (χ1) is 11.3. The Bertz CT molecular complexity index is 647. The molecule has 0 atom stereocenters. The summed E-state index contributed by atoms with van der Waals surface area (Å²) in [5, 5.41) is 0. The summed E-state index contributed by atoms with van der Waals surface area (Å²) in [6.45, 7) is 2.33. The van der Waals surface area contributed by atoms with Gasteiger partial charge in [-0.15, -0.1) is 0 Å². The third kappa shape index (κ3) is 5.75. The minimum atomic E-state index is -3.86.